The van der Waals surface area contributed by atoms with Gasteiger partial charge in [-0.15, -0.1) is 0 Å². The number of amides is 2. The third-order valence-corrected chi connectivity index (χ3v) is 6.32. The number of para-hydroxylation sites is 1. The van der Waals surface area contributed by atoms with E-state index in [9.17, 15) is 9.59 Å². The lowest BCUT2D eigenvalue weighted by atomic mass is 10.0. The van der Waals surface area contributed by atoms with Crippen LogP contribution in [0.1, 0.15) is 23.6 Å². The highest BCUT2D eigenvalue weighted by atomic mass is 35.5. The molecule has 2 aliphatic rings. The zero-order valence-corrected chi connectivity index (χ0v) is 19.2. The maximum Gasteiger partial charge on any atom is 0.282 e. The highest BCUT2D eigenvalue weighted by Crippen LogP contribution is 2.41. The Bertz CT molecular complexity index is 1300. The fraction of sp³-hybridized carbons (Fsp3) is 0.185. The minimum absolute atomic E-state index is 0.342. The van der Waals surface area contributed by atoms with Gasteiger partial charge in [0, 0.05) is 17.3 Å². The number of aryl methyl sites for hydroxylation is 1. The quantitative estimate of drug-likeness (QED) is 0.481. The van der Waals surface area contributed by atoms with E-state index in [1.54, 1.807) is 12.1 Å². The van der Waals surface area contributed by atoms with Crippen LogP contribution in [-0.2, 0) is 16.0 Å². The first kappa shape index (κ1) is 21.3. The summed E-state index contributed by atoms with van der Waals surface area (Å²) < 4.78 is 5.56. The van der Waals surface area contributed by atoms with Gasteiger partial charge < -0.3 is 9.64 Å². The Balaban J connectivity index is 1.67. The van der Waals surface area contributed by atoms with Gasteiger partial charge in [-0.05, 0) is 67.3 Å². The molecule has 0 bridgehead atoms. The van der Waals surface area contributed by atoms with Crippen LogP contribution >= 0.6 is 11.6 Å². The lowest BCUT2D eigenvalue weighted by Crippen LogP contribution is -2.35. The molecule has 33 heavy (non-hydrogen) atoms. The summed E-state index contributed by atoms with van der Waals surface area (Å²) in [5.74, 6) is 0.0223. The monoisotopic (exact) mass is 458 g/mol. The van der Waals surface area contributed by atoms with Gasteiger partial charge in [0.2, 0.25) is 0 Å². The van der Waals surface area contributed by atoms with Gasteiger partial charge in [-0.1, -0.05) is 48.0 Å². The largest absolute Gasteiger partial charge is 0.494 e. The Kier molecular flexibility index (Phi) is 5.43. The predicted molar refractivity (Wildman–Crippen MR) is 131 cm³/mol. The number of halogens is 1. The Morgan fingerprint density at radius 1 is 0.939 bits per heavy atom. The van der Waals surface area contributed by atoms with Crippen LogP contribution in [0, 0.1) is 6.92 Å². The van der Waals surface area contributed by atoms with Crippen LogP contribution in [0.4, 0.5) is 11.4 Å². The van der Waals surface area contributed by atoms with Gasteiger partial charge in [0.25, 0.3) is 11.8 Å². The average Bonchev–Trinajstić information content (AvgIpc) is 3.34. The lowest BCUT2D eigenvalue weighted by molar-refractivity contribution is -0.120. The summed E-state index contributed by atoms with van der Waals surface area (Å²) in [7, 11) is 0. The Morgan fingerprint density at radius 2 is 1.70 bits per heavy atom. The van der Waals surface area contributed by atoms with Crippen LogP contribution in [0.25, 0.3) is 5.57 Å². The van der Waals surface area contributed by atoms with Gasteiger partial charge in [-0.25, -0.2) is 4.90 Å². The van der Waals surface area contributed by atoms with Crippen LogP contribution in [0.2, 0.25) is 5.02 Å². The van der Waals surface area contributed by atoms with E-state index < -0.39 is 0 Å². The van der Waals surface area contributed by atoms with Gasteiger partial charge in [0.1, 0.15) is 11.4 Å². The summed E-state index contributed by atoms with van der Waals surface area (Å²) in [6.07, 6.45) is 0.813. The average molecular weight is 459 g/mol. The number of fused-ring (bicyclic) bond motifs is 1. The van der Waals surface area contributed by atoms with E-state index in [2.05, 4.69) is 6.07 Å². The van der Waals surface area contributed by atoms with Gasteiger partial charge in [-0.3, -0.25) is 9.59 Å². The van der Waals surface area contributed by atoms with Crippen LogP contribution in [0.3, 0.4) is 0 Å². The first-order valence-electron chi connectivity index (χ1n) is 11.0. The standard InChI is InChI=1S/C27H23ClN2O3/c1-3-33-21-12-9-19(10-13-21)24-25(29-15-14-18-6-4-5-7-22(18)29)27(32)30(26(24)31)23-16-20(28)11-8-17(23)2/h4-13,16H,3,14-15H2,1-2H3. The van der Waals surface area contributed by atoms with E-state index in [0.717, 1.165) is 23.2 Å². The maximum atomic E-state index is 13.9. The normalized spacial score (nSPS) is 15.5. The first-order valence-corrected chi connectivity index (χ1v) is 11.3. The molecule has 166 valence electrons. The second-order valence-corrected chi connectivity index (χ2v) is 8.52. The number of imide groups is 1. The van der Waals surface area contributed by atoms with E-state index in [0.29, 0.717) is 46.4 Å². The number of nitrogens with zero attached hydrogens (tertiary/aromatic N) is 2. The molecule has 0 radical (unpaired) electrons. The Hall–Kier alpha value is -3.57. The molecule has 5 nitrogen and oxygen atoms in total. The van der Waals surface area contributed by atoms with E-state index in [-0.39, 0.29) is 11.8 Å². The van der Waals surface area contributed by atoms with Crippen molar-refractivity contribution in [3.63, 3.8) is 0 Å². The summed E-state index contributed by atoms with van der Waals surface area (Å²) in [5, 5.41) is 0.471. The molecule has 0 fully saturated rings. The summed E-state index contributed by atoms with van der Waals surface area (Å²) in [6, 6.07) is 20.6. The van der Waals surface area contributed by atoms with Gasteiger partial charge in [0.05, 0.1) is 17.9 Å². The SMILES string of the molecule is CCOc1ccc(C2=C(N3CCc4ccccc43)C(=O)N(c3cc(Cl)ccc3C)C2=O)cc1. The highest BCUT2D eigenvalue weighted by Gasteiger charge is 2.44. The zero-order valence-electron chi connectivity index (χ0n) is 18.5. The Labute approximate surface area is 197 Å². The summed E-state index contributed by atoms with van der Waals surface area (Å²) >= 11 is 6.23. The zero-order chi connectivity index (χ0) is 23.1. The van der Waals surface area contributed by atoms with Gasteiger partial charge >= 0.3 is 0 Å². The van der Waals surface area contributed by atoms with Crippen LogP contribution in [0.15, 0.2) is 72.4 Å². The van der Waals surface area contributed by atoms with Gasteiger partial charge in [0.15, 0.2) is 0 Å². The second kappa shape index (κ2) is 8.41. The Morgan fingerprint density at radius 3 is 2.45 bits per heavy atom. The lowest BCUT2D eigenvalue weighted by Gasteiger charge is -2.22. The van der Waals surface area contributed by atoms with Crippen molar-refractivity contribution in [1.82, 2.24) is 0 Å². The molecule has 0 unspecified atom stereocenters. The van der Waals surface area contributed by atoms with E-state index >= 15 is 0 Å². The minimum Gasteiger partial charge on any atom is -0.494 e. The summed E-state index contributed by atoms with van der Waals surface area (Å²) in [6.45, 7) is 4.98. The van der Waals surface area contributed by atoms with Crippen molar-refractivity contribution in [2.24, 2.45) is 0 Å². The molecule has 3 aromatic carbocycles. The number of hydrogen-bond acceptors (Lipinski definition) is 4. The molecule has 0 N–H and O–H groups in total. The number of carbonyl (C=O) groups excluding carboxylic acids is 2. The van der Waals surface area contributed by atoms with Gasteiger partial charge in [-0.2, -0.15) is 0 Å². The molecule has 5 rings (SSSR count). The molecule has 2 amide bonds. The molecule has 0 aromatic heterocycles. The van der Waals surface area contributed by atoms with Crippen molar-refractivity contribution in [3.05, 3.63) is 94.1 Å². The third kappa shape index (κ3) is 3.58. The van der Waals surface area contributed by atoms with E-state index in [4.69, 9.17) is 16.3 Å². The number of anilines is 2. The number of ether oxygens (including phenoxy) is 1. The topological polar surface area (TPSA) is 49.9 Å². The van der Waals surface area contributed by atoms with Crippen molar-refractivity contribution in [2.75, 3.05) is 23.0 Å². The number of benzene rings is 3. The maximum absolute atomic E-state index is 13.9. The number of hydrogen-bond donors (Lipinski definition) is 0. The molecule has 2 heterocycles. The van der Waals surface area contributed by atoms with Crippen LogP contribution < -0.4 is 14.5 Å². The van der Waals surface area contributed by atoms with Crippen molar-refractivity contribution < 1.29 is 14.3 Å². The van der Waals surface area contributed by atoms with Crippen molar-refractivity contribution in [2.45, 2.75) is 20.3 Å². The molecule has 2 aliphatic heterocycles. The van der Waals surface area contributed by atoms with Crippen molar-refractivity contribution in [3.8, 4) is 5.75 Å². The van der Waals surface area contributed by atoms with Crippen molar-refractivity contribution in [1.29, 1.82) is 0 Å². The van der Waals surface area contributed by atoms with Crippen LogP contribution in [-0.4, -0.2) is 25.0 Å². The molecule has 3 aromatic rings. The van der Waals surface area contributed by atoms with E-state index in [1.807, 2.05) is 67.3 Å². The number of carbonyl (C=O) groups is 2. The third-order valence-electron chi connectivity index (χ3n) is 6.08. The molecule has 0 saturated heterocycles. The number of rotatable bonds is 5. The summed E-state index contributed by atoms with van der Waals surface area (Å²) in [4.78, 5) is 30.9. The van der Waals surface area contributed by atoms with Crippen molar-refractivity contribution >= 4 is 40.4 Å². The molecular weight excluding hydrogens is 436 g/mol. The fourth-order valence-electron chi connectivity index (χ4n) is 4.53. The summed E-state index contributed by atoms with van der Waals surface area (Å²) in [5.41, 5.74) is 4.89. The molecule has 0 atom stereocenters. The van der Waals surface area contributed by atoms with E-state index in [1.165, 1.54) is 4.90 Å². The smallest absolute Gasteiger partial charge is 0.282 e. The molecular formula is C27H23ClN2O3. The minimum atomic E-state index is -0.353. The molecule has 0 saturated carbocycles. The second-order valence-electron chi connectivity index (χ2n) is 8.09. The fourth-order valence-corrected chi connectivity index (χ4v) is 4.69. The first-order chi connectivity index (χ1) is 16.0. The predicted octanol–water partition coefficient (Wildman–Crippen LogP) is 5.39. The highest BCUT2D eigenvalue weighted by molar-refractivity contribution is 6.46. The molecule has 0 aliphatic carbocycles. The van der Waals surface area contributed by atoms with Crippen LogP contribution in [0.5, 0.6) is 5.75 Å². The molecule has 0 spiro atoms. The molecule has 6 heteroatoms.